The molecule has 162 valence electrons. The largest absolute Gasteiger partial charge is 0.452 e. The highest BCUT2D eigenvalue weighted by Crippen LogP contribution is 2.28. The van der Waals surface area contributed by atoms with Gasteiger partial charge in [0.1, 0.15) is 5.82 Å². The van der Waals surface area contributed by atoms with Gasteiger partial charge >= 0.3 is 5.97 Å². The van der Waals surface area contributed by atoms with Gasteiger partial charge in [0.25, 0.3) is 5.91 Å². The SMILES string of the molecule is Cc1nnc2ccc(C(=O)OCC(=O)N(C3CCCCC3)C3CCS(=O)(=O)C3)cn12. The first-order valence-corrected chi connectivity index (χ1v) is 12.2. The molecule has 1 aliphatic heterocycles. The van der Waals surface area contributed by atoms with Crippen molar-refractivity contribution in [2.75, 3.05) is 18.1 Å². The topological polar surface area (TPSA) is 111 Å². The lowest BCUT2D eigenvalue weighted by molar-refractivity contribution is -0.140. The Labute approximate surface area is 175 Å². The molecule has 1 amide bonds. The van der Waals surface area contributed by atoms with Crippen molar-refractivity contribution < 1.29 is 22.7 Å². The number of ether oxygens (including phenoxy) is 1. The first kappa shape index (κ1) is 20.8. The molecule has 1 unspecified atom stereocenters. The number of sulfone groups is 1. The van der Waals surface area contributed by atoms with Gasteiger partial charge in [0, 0.05) is 18.3 Å². The number of aromatic nitrogens is 3. The minimum absolute atomic E-state index is 0.00718. The van der Waals surface area contributed by atoms with Gasteiger partial charge in [0.2, 0.25) is 0 Å². The summed E-state index contributed by atoms with van der Waals surface area (Å²) in [6.07, 6.45) is 6.92. The van der Waals surface area contributed by atoms with Crippen LogP contribution < -0.4 is 0 Å². The Kier molecular flexibility index (Phi) is 5.77. The molecule has 0 bridgehead atoms. The fraction of sp³-hybridized carbons (Fsp3) is 0.600. The summed E-state index contributed by atoms with van der Waals surface area (Å²) in [5.74, 6) is -0.194. The molecule has 1 aliphatic carbocycles. The third kappa shape index (κ3) is 4.33. The third-order valence-electron chi connectivity index (χ3n) is 5.99. The number of carbonyl (C=O) groups excluding carboxylic acids is 2. The number of hydrogen-bond acceptors (Lipinski definition) is 7. The summed E-state index contributed by atoms with van der Waals surface area (Å²) in [6.45, 7) is 1.38. The Bertz CT molecular complexity index is 1060. The van der Waals surface area contributed by atoms with E-state index in [2.05, 4.69) is 10.2 Å². The first-order chi connectivity index (χ1) is 14.3. The van der Waals surface area contributed by atoms with E-state index in [4.69, 9.17) is 4.74 Å². The molecule has 1 atom stereocenters. The molecule has 2 fully saturated rings. The highest BCUT2D eigenvalue weighted by molar-refractivity contribution is 7.91. The summed E-state index contributed by atoms with van der Waals surface area (Å²) in [5.41, 5.74) is 0.914. The summed E-state index contributed by atoms with van der Waals surface area (Å²) >= 11 is 0. The molecule has 1 saturated heterocycles. The highest BCUT2D eigenvalue weighted by atomic mass is 32.2. The molecule has 4 rings (SSSR count). The maximum Gasteiger partial charge on any atom is 0.340 e. The zero-order valence-electron chi connectivity index (χ0n) is 17.0. The monoisotopic (exact) mass is 434 g/mol. The van der Waals surface area contributed by atoms with Crippen molar-refractivity contribution in [1.82, 2.24) is 19.5 Å². The molecule has 2 aromatic rings. The Balaban J connectivity index is 1.46. The lowest BCUT2D eigenvalue weighted by Gasteiger charge is -2.38. The predicted octanol–water partition coefficient (Wildman–Crippen LogP) is 1.54. The van der Waals surface area contributed by atoms with Crippen molar-refractivity contribution in [3.8, 4) is 0 Å². The molecule has 0 radical (unpaired) electrons. The first-order valence-electron chi connectivity index (χ1n) is 10.3. The van der Waals surface area contributed by atoms with Gasteiger partial charge in [-0.1, -0.05) is 19.3 Å². The number of esters is 1. The number of amides is 1. The average molecular weight is 435 g/mol. The van der Waals surface area contributed by atoms with E-state index in [9.17, 15) is 18.0 Å². The summed E-state index contributed by atoms with van der Waals surface area (Å²) in [7, 11) is -3.12. The Morgan fingerprint density at radius 3 is 2.60 bits per heavy atom. The quantitative estimate of drug-likeness (QED) is 0.656. The van der Waals surface area contributed by atoms with Crippen molar-refractivity contribution in [3.05, 3.63) is 29.7 Å². The van der Waals surface area contributed by atoms with Crippen LogP contribution in [0.1, 0.15) is 54.7 Å². The molecule has 1 saturated carbocycles. The van der Waals surface area contributed by atoms with Gasteiger partial charge in [-0.15, -0.1) is 10.2 Å². The molecule has 0 N–H and O–H groups in total. The van der Waals surface area contributed by atoms with Crippen molar-refractivity contribution in [1.29, 1.82) is 0 Å². The lowest BCUT2D eigenvalue weighted by atomic mass is 9.93. The van der Waals surface area contributed by atoms with Crippen LogP contribution in [0.4, 0.5) is 0 Å². The van der Waals surface area contributed by atoms with Crippen LogP contribution in [-0.2, 0) is 19.4 Å². The number of aryl methyl sites for hydroxylation is 1. The van der Waals surface area contributed by atoms with E-state index >= 15 is 0 Å². The molecular weight excluding hydrogens is 408 g/mol. The van der Waals surface area contributed by atoms with Crippen LogP contribution in [0, 0.1) is 6.92 Å². The van der Waals surface area contributed by atoms with E-state index in [1.54, 1.807) is 34.6 Å². The van der Waals surface area contributed by atoms with Crippen LogP contribution in [0.3, 0.4) is 0 Å². The van der Waals surface area contributed by atoms with E-state index < -0.39 is 22.4 Å². The van der Waals surface area contributed by atoms with E-state index in [0.717, 1.165) is 32.1 Å². The molecular formula is C20H26N4O5S. The number of nitrogens with zero attached hydrogens (tertiary/aromatic N) is 4. The van der Waals surface area contributed by atoms with Gasteiger partial charge in [-0.3, -0.25) is 9.20 Å². The van der Waals surface area contributed by atoms with Crippen LogP contribution in [0.15, 0.2) is 18.3 Å². The van der Waals surface area contributed by atoms with Gasteiger partial charge in [0.15, 0.2) is 22.1 Å². The summed E-state index contributed by atoms with van der Waals surface area (Å²) in [4.78, 5) is 27.2. The second-order valence-corrected chi connectivity index (χ2v) is 10.3. The van der Waals surface area contributed by atoms with Gasteiger partial charge in [-0.2, -0.15) is 0 Å². The zero-order valence-corrected chi connectivity index (χ0v) is 17.8. The van der Waals surface area contributed by atoms with Crippen molar-refractivity contribution in [3.63, 3.8) is 0 Å². The van der Waals surface area contributed by atoms with Crippen LogP contribution in [0.5, 0.6) is 0 Å². The Morgan fingerprint density at radius 1 is 1.13 bits per heavy atom. The zero-order chi connectivity index (χ0) is 21.3. The predicted molar refractivity (Wildman–Crippen MR) is 109 cm³/mol. The highest BCUT2D eigenvalue weighted by Gasteiger charge is 2.38. The maximum atomic E-state index is 13.0. The van der Waals surface area contributed by atoms with Gasteiger partial charge in [0.05, 0.1) is 17.1 Å². The van der Waals surface area contributed by atoms with E-state index in [1.807, 2.05) is 0 Å². The molecule has 9 nitrogen and oxygen atoms in total. The van der Waals surface area contributed by atoms with Gasteiger partial charge < -0.3 is 9.64 Å². The Morgan fingerprint density at radius 2 is 1.90 bits per heavy atom. The number of carbonyl (C=O) groups is 2. The fourth-order valence-electron chi connectivity index (χ4n) is 4.47. The average Bonchev–Trinajstić information content (AvgIpc) is 3.28. The van der Waals surface area contributed by atoms with Gasteiger partial charge in [-0.25, -0.2) is 13.2 Å². The van der Waals surface area contributed by atoms with Crippen LogP contribution in [-0.4, -0.2) is 70.0 Å². The maximum absolute atomic E-state index is 13.0. The molecule has 0 spiro atoms. The summed E-state index contributed by atoms with van der Waals surface area (Å²) in [5, 5.41) is 7.93. The fourth-order valence-corrected chi connectivity index (χ4v) is 6.18. The molecule has 0 aromatic carbocycles. The summed E-state index contributed by atoms with van der Waals surface area (Å²) < 4.78 is 30.9. The van der Waals surface area contributed by atoms with Crippen LogP contribution >= 0.6 is 0 Å². The van der Waals surface area contributed by atoms with E-state index in [1.165, 1.54) is 0 Å². The second-order valence-electron chi connectivity index (χ2n) is 8.12. The smallest absolute Gasteiger partial charge is 0.340 e. The van der Waals surface area contributed by atoms with Crippen molar-refractivity contribution in [2.45, 2.75) is 57.5 Å². The molecule has 3 heterocycles. The minimum Gasteiger partial charge on any atom is -0.452 e. The lowest BCUT2D eigenvalue weighted by Crippen LogP contribution is -2.50. The van der Waals surface area contributed by atoms with Crippen molar-refractivity contribution >= 4 is 27.4 Å². The number of rotatable bonds is 5. The standard InChI is InChI=1S/C20H26N4O5S/c1-14-21-22-18-8-7-15(11-23(14)18)20(26)29-12-19(25)24(16-5-3-2-4-6-16)17-9-10-30(27,28)13-17/h7-8,11,16-17H,2-6,9-10,12-13H2,1H3. The normalized spacial score (nSPS) is 21.6. The third-order valence-corrected chi connectivity index (χ3v) is 7.74. The molecule has 2 aliphatic rings. The van der Waals surface area contributed by atoms with Gasteiger partial charge in [-0.05, 0) is 38.3 Å². The van der Waals surface area contributed by atoms with E-state index in [0.29, 0.717) is 23.5 Å². The molecule has 10 heteroatoms. The second kappa shape index (κ2) is 8.33. The molecule has 30 heavy (non-hydrogen) atoms. The van der Waals surface area contributed by atoms with Crippen LogP contribution in [0.2, 0.25) is 0 Å². The van der Waals surface area contributed by atoms with E-state index in [-0.39, 0.29) is 29.5 Å². The molecule has 2 aromatic heterocycles. The summed E-state index contributed by atoms with van der Waals surface area (Å²) in [6, 6.07) is 2.93. The number of hydrogen-bond donors (Lipinski definition) is 0. The van der Waals surface area contributed by atoms with Crippen molar-refractivity contribution in [2.24, 2.45) is 0 Å². The number of fused-ring (bicyclic) bond motifs is 1. The minimum atomic E-state index is -3.12. The van der Waals surface area contributed by atoms with Crippen LogP contribution in [0.25, 0.3) is 5.65 Å². The number of pyridine rings is 1. The Hall–Kier alpha value is -2.49.